The van der Waals surface area contributed by atoms with Crippen molar-refractivity contribution in [3.8, 4) is 5.88 Å². The SMILES string of the molecule is CCNC(=NCc1ccnc(OCC2CC2)c1)NCC1(C(=O)N(C)C)CCCC1.I. The molecule has 0 aliphatic heterocycles. The molecule has 2 aliphatic carbocycles. The van der Waals surface area contributed by atoms with E-state index in [2.05, 4.69) is 15.6 Å². The van der Waals surface area contributed by atoms with Crippen LogP contribution in [-0.2, 0) is 11.3 Å². The van der Waals surface area contributed by atoms with E-state index in [4.69, 9.17) is 9.73 Å². The third kappa shape index (κ3) is 6.99. The molecule has 0 bridgehead atoms. The number of carbonyl (C=O) groups is 1. The Morgan fingerprint density at radius 2 is 2.03 bits per heavy atom. The van der Waals surface area contributed by atoms with Crippen LogP contribution in [0.5, 0.6) is 5.88 Å². The van der Waals surface area contributed by atoms with Gasteiger partial charge in [-0.05, 0) is 50.2 Å². The second-order valence-corrected chi connectivity index (χ2v) is 8.49. The highest BCUT2D eigenvalue weighted by Gasteiger charge is 2.42. The Balaban J connectivity index is 0.00000320. The van der Waals surface area contributed by atoms with Gasteiger partial charge in [-0.25, -0.2) is 9.98 Å². The molecule has 0 aromatic carbocycles. The van der Waals surface area contributed by atoms with Crippen LogP contribution in [0.25, 0.3) is 0 Å². The van der Waals surface area contributed by atoms with E-state index >= 15 is 0 Å². The summed E-state index contributed by atoms with van der Waals surface area (Å²) in [5.41, 5.74) is 0.739. The minimum atomic E-state index is -0.319. The monoisotopic (exact) mass is 529 g/mol. The quantitative estimate of drug-likeness (QED) is 0.292. The molecular formula is C22H36IN5O2. The number of hydrogen-bond acceptors (Lipinski definition) is 4. The van der Waals surface area contributed by atoms with Crippen molar-refractivity contribution >= 4 is 35.8 Å². The molecule has 2 N–H and O–H groups in total. The molecule has 0 saturated heterocycles. The van der Waals surface area contributed by atoms with Crippen LogP contribution in [0.4, 0.5) is 0 Å². The lowest BCUT2D eigenvalue weighted by Gasteiger charge is -2.31. The lowest BCUT2D eigenvalue weighted by atomic mass is 9.84. The van der Waals surface area contributed by atoms with Crippen molar-refractivity contribution in [1.29, 1.82) is 0 Å². The van der Waals surface area contributed by atoms with Crippen LogP contribution >= 0.6 is 24.0 Å². The molecular weight excluding hydrogens is 493 g/mol. The number of amides is 1. The summed E-state index contributed by atoms with van der Waals surface area (Å²) >= 11 is 0. The molecule has 168 valence electrons. The van der Waals surface area contributed by atoms with Gasteiger partial charge in [-0.2, -0.15) is 0 Å². The van der Waals surface area contributed by atoms with Gasteiger partial charge in [-0.15, -0.1) is 24.0 Å². The fourth-order valence-electron chi connectivity index (χ4n) is 3.87. The van der Waals surface area contributed by atoms with E-state index in [0.29, 0.717) is 24.9 Å². The first kappa shape index (κ1) is 24.7. The van der Waals surface area contributed by atoms with E-state index in [0.717, 1.165) is 50.4 Å². The average molecular weight is 529 g/mol. The third-order valence-electron chi connectivity index (χ3n) is 5.74. The summed E-state index contributed by atoms with van der Waals surface area (Å²) < 4.78 is 5.77. The first-order valence-electron chi connectivity index (χ1n) is 10.8. The predicted octanol–water partition coefficient (Wildman–Crippen LogP) is 3.19. The van der Waals surface area contributed by atoms with Crippen molar-refractivity contribution in [3.63, 3.8) is 0 Å². The summed E-state index contributed by atoms with van der Waals surface area (Å²) in [6.07, 6.45) is 8.38. The maximum absolute atomic E-state index is 12.8. The van der Waals surface area contributed by atoms with Gasteiger partial charge in [0, 0.05) is 39.4 Å². The minimum absolute atomic E-state index is 0. The van der Waals surface area contributed by atoms with Crippen LogP contribution in [-0.4, -0.2) is 55.5 Å². The highest BCUT2D eigenvalue weighted by Crippen LogP contribution is 2.38. The number of aliphatic imine (C=N–C) groups is 1. The maximum Gasteiger partial charge on any atom is 0.230 e. The summed E-state index contributed by atoms with van der Waals surface area (Å²) in [5, 5.41) is 6.71. The maximum atomic E-state index is 12.8. The second-order valence-electron chi connectivity index (χ2n) is 8.49. The van der Waals surface area contributed by atoms with E-state index in [1.54, 1.807) is 11.1 Å². The molecule has 1 heterocycles. The van der Waals surface area contributed by atoms with Crippen molar-refractivity contribution in [2.75, 3.05) is 33.8 Å². The number of carbonyl (C=O) groups excluding carboxylic acids is 1. The molecule has 1 aromatic heterocycles. The van der Waals surface area contributed by atoms with Crippen molar-refractivity contribution in [2.45, 2.75) is 52.0 Å². The number of nitrogens with zero attached hydrogens (tertiary/aromatic N) is 3. The first-order chi connectivity index (χ1) is 14.0. The van der Waals surface area contributed by atoms with Gasteiger partial charge in [0.15, 0.2) is 5.96 Å². The zero-order chi connectivity index (χ0) is 20.7. The van der Waals surface area contributed by atoms with Crippen LogP contribution in [0.3, 0.4) is 0 Å². The zero-order valence-electron chi connectivity index (χ0n) is 18.4. The number of halogens is 1. The van der Waals surface area contributed by atoms with Gasteiger partial charge in [0.05, 0.1) is 18.6 Å². The molecule has 1 amide bonds. The van der Waals surface area contributed by atoms with Gasteiger partial charge in [0.2, 0.25) is 11.8 Å². The van der Waals surface area contributed by atoms with Crippen molar-refractivity contribution in [3.05, 3.63) is 23.9 Å². The van der Waals surface area contributed by atoms with Gasteiger partial charge >= 0.3 is 0 Å². The summed E-state index contributed by atoms with van der Waals surface area (Å²) in [5.74, 6) is 2.33. The topological polar surface area (TPSA) is 78.9 Å². The highest BCUT2D eigenvalue weighted by atomic mass is 127. The van der Waals surface area contributed by atoms with Crippen LogP contribution in [0.15, 0.2) is 23.3 Å². The molecule has 0 radical (unpaired) electrons. The Morgan fingerprint density at radius 3 is 2.67 bits per heavy atom. The normalized spacial score (nSPS) is 17.8. The zero-order valence-corrected chi connectivity index (χ0v) is 20.8. The molecule has 0 atom stereocenters. The van der Waals surface area contributed by atoms with E-state index in [1.807, 2.05) is 33.2 Å². The van der Waals surface area contributed by atoms with Crippen molar-refractivity contribution < 1.29 is 9.53 Å². The Bertz CT molecular complexity index is 715. The van der Waals surface area contributed by atoms with Gasteiger partial charge in [-0.1, -0.05) is 12.8 Å². The molecule has 1 aromatic rings. The van der Waals surface area contributed by atoms with Gasteiger partial charge in [-0.3, -0.25) is 4.79 Å². The molecule has 3 rings (SSSR count). The van der Waals surface area contributed by atoms with E-state index in [9.17, 15) is 4.79 Å². The van der Waals surface area contributed by atoms with Gasteiger partial charge < -0.3 is 20.3 Å². The number of aromatic nitrogens is 1. The number of guanidine groups is 1. The van der Waals surface area contributed by atoms with Crippen LogP contribution in [0.2, 0.25) is 0 Å². The van der Waals surface area contributed by atoms with Crippen LogP contribution in [0, 0.1) is 11.3 Å². The smallest absolute Gasteiger partial charge is 0.230 e. The standard InChI is InChI=1S/C22H35N5O2.HI/c1-4-23-21(26-16-22(10-5-6-11-22)20(28)27(2)3)25-14-18-9-12-24-19(13-18)29-15-17-7-8-17;/h9,12-13,17H,4-8,10-11,14-16H2,1-3H3,(H2,23,25,26);1H. The number of pyridine rings is 1. The number of rotatable bonds is 9. The number of hydrogen-bond donors (Lipinski definition) is 2. The number of nitrogens with one attached hydrogen (secondary N) is 2. The Hall–Kier alpha value is -1.58. The summed E-state index contributed by atoms with van der Waals surface area (Å²) in [6.45, 7) is 4.72. The second kappa shape index (κ2) is 11.7. The lowest BCUT2D eigenvalue weighted by molar-refractivity contribution is -0.138. The summed E-state index contributed by atoms with van der Waals surface area (Å²) in [4.78, 5) is 23.5. The first-order valence-corrected chi connectivity index (χ1v) is 10.8. The molecule has 30 heavy (non-hydrogen) atoms. The lowest BCUT2D eigenvalue weighted by Crippen LogP contribution is -2.49. The van der Waals surface area contributed by atoms with E-state index in [-0.39, 0.29) is 35.3 Å². The molecule has 2 saturated carbocycles. The molecule has 2 aliphatic rings. The Labute approximate surface area is 197 Å². The average Bonchev–Trinajstić information content (AvgIpc) is 3.43. The highest BCUT2D eigenvalue weighted by molar-refractivity contribution is 14.0. The van der Waals surface area contributed by atoms with Crippen molar-refractivity contribution in [2.24, 2.45) is 16.3 Å². The van der Waals surface area contributed by atoms with E-state index < -0.39 is 0 Å². The molecule has 2 fully saturated rings. The minimum Gasteiger partial charge on any atom is -0.477 e. The molecule has 0 spiro atoms. The van der Waals surface area contributed by atoms with Crippen LogP contribution in [0.1, 0.15) is 51.0 Å². The molecule has 0 unspecified atom stereocenters. The Kier molecular flexibility index (Phi) is 9.64. The fraction of sp³-hybridized carbons (Fsp3) is 0.682. The van der Waals surface area contributed by atoms with Crippen molar-refractivity contribution in [1.82, 2.24) is 20.5 Å². The predicted molar refractivity (Wildman–Crippen MR) is 130 cm³/mol. The van der Waals surface area contributed by atoms with Crippen LogP contribution < -0.4 is 15.4 Å². The summed E-state index contributed by atoms with van der Waals surface area (Å²) in [6, 6.07) is 3.93. The fourth-order valence-corrected chi connectivity index (χ4v) is 3.87. The summed E-state index contributed by atoms with van der Waals surface area (Å²) in [7, 11) is 3.68. The van der Waals surface area contributed by atoms with E-state index in [1.165, 1.54) is 12.8 Å². The van der Waals surface area contributed by atoms with Gasteiger partial charge in [0.1, 0.15) is 0 Å². The largest absolute Gasteiger partial charge is 0.477 e. The number of ether oxygens (including phenoxy) is 1. The third-order valence-corrected chi connectivity index (χ3v) is 5.74. The molecule has 8 heteroatoms. The van der Waals surface area contributed by atoms with Gasteiger partial charge in [0.25, 0.3) is 0 Å². The molecule has 7 nitrogen and oxygen atoms in total. The Morgan fingerprint density at radius 1 is 1.30 bits per heavy atom.